The van der Waals surface area contributed by atoms with Crippen molar-refractivity contribution in [3.05, 3.63) is 47.7 Å². The fourth-order valence-corrected chi connectivity index (χ4v) is 3.09. The van der Waals surface area contributed by atoms with Gasteiger partial charge in [-0.05, 0) is 18.2 Å². The molecular weight excluding hydrogens is 342 g/mol. The van der Waals surface area contributed by atoms with Crippen LogP contribution in [0.5, 0.6) is 5.88 Å². The maximum absolute atomic E-state index is 12.3. The van der Waals surface area contributed by atoms with Crippen molar-refractivity contribution in [3.63, 3.8) is 0 Å². The van der Waals surface area contributed by atoms with Crippen molar-refractivity contribution in [3.8, 4) is 17.3 Å². The fraction of sp³-hybridized carbons (Fsp3) is 0.235. The van der Waals surface area contributed by atoms with Gasteiger partial charge in [0.25, 0.3) is 5.91 Å². The van der Waals surface area contributed by atoms with Crippen molar-refractivity contribution in [1.29, 1.82) is 0 Å². The molecule has 0 aliphatic carbocycles. The predicted octanol–water partition coefficient (Wildman–Crippen LogP) is 3.22. The number of rotatable bonds is 5. The number of carbonyl (C=O) groups excluding carboxylic acids is 1. The lowest BCUT2D eigenvalue weighted by molar-refractivity contribution is 0.102. The van der Waals surface area contributed by atoms with E-state index in [1.165, 1.54) is 17.5 Å². The molecule has 0 bridgehead atoms. The maximum atomic E-state index is 12.3. The van der Waals surface area contributed by atoms with Crippen LogP contribution in [0.15, 0.2) is 46.5 Å². The average molecular weight is 357 g/mol. The molecule has 7 nitrogen and oxygen atoms in total. The van der Waals surface area contributed by atoms with Gasteiger partial charge in [-0.1, -0.05) is 0 Å². The summed E-state index contributed by atoms with van der Waals surface area (Å²) in [7, 11) is 0. The molecule has 8 heteroatoms. The zero-order valence-corrected chi connectivity index (χ0v) is 14.0. The first-order valence-corrected chi connectivity index (χ1v) is 8.67. The van der Waals surface area contributed by atoms with Gasteiger partial charge in [0.15, 0.2) is 10.9 Å². The molecule has 1 atom stereocenters. The molecule has 0 saturated carbocycles. The van der Waals surface area contributed by atoms with Crippen LogP contribution in [0.4, 0.5) is 5.13 Å². The number of amides is 1. The second kappa shape index (κ2) is 7.04. The van der Waals surface area contributed by atoms with Crippen molar-refractivity contribution in [2.45, 2.75) is 12.5 Å². The Hall–Kier alpha value is -2.71. The van der Waals surface area contributed by atoms with E-state index in [-0.39, 0.29) is 12.0 Å². The number of anilines is 1. The van der Waals surface area contributed by atoms with Crippen LogP contribution in [-0.4, -0.2) is 35.2 Å². The summed E-state index contributed by atoms with van der Waals surface area (Å²) in [6.45, 7) is 1.28. The van der Waals surface area contributed by atoms with E-state index in [0.717, 1.165) is 6.42 Å². The summed E-state index contributed by atoms with van der Waals surface area (Å²) in [6, 6.07) is 6.97. The minimum atomic E-state index is -0.274. The lowest BCUT2D eigenvalue weighted by atomic mass is 10.2. The summed E-state index contributed by atoms with van der Waals surface area (Å²) >= 11 is 1.33. The molecule has 4 heterocycles. The van der Waals surface area contributed by atoms with E-state index in [1.807, 2.05) is 11.4 Å². The first-order valence-electron chi connectivity index (χ1n) is 7.79. The van der Waals surface area contributed by atoms with Gasteiger partial charge in [-0.25, -0.2) is 9.97 Å². The lowest BCUT2D eigenvalue weighted by Crippen LogP contribution is -2.17. The summed E-state index contributed by atoms with van der Waals surface area (Å²) in [4.78, 5) is 20.8. The lowest BCUT2D eigenvalue weighted by Gasteiger charge is -2.10. The molecule has 1 saturated heterocycles. The fourth-order valence-electron chi connectivity index (χ4n) is 2.40. The van der Waals surface area contributed by atoms with Crippen LogP contribution in [0.2, 0.25) is 0 Å². The van der Waals surface area contributed by atoms with Gasteiger partial charge in [-0.2, -0.15) is 0 Å². The number of pyridine rings is 1. The van der Waals surface area contributed by atoms with Crippen molar-refractivity contribution >= 4 is 22.4 Å². The Morgan fingerprint density at radius 3 is 3.04 bits per heavy atom. The van der Waals surface area contributed by atoms with E-state index >= 15 is 0 Å². The second-order valence-corrected chi connectivity index (χ2v) is 6.32. The molecule has 3 aromatic heterocycles. The van der Waals surface area contributed by atoms with Gasteiger partial charge in [-0.3, -0.25) is 10.1 Å². The molecule has 1 N–H and O–H groups in total. The van der Waals surface area contributed by atoms with Gasteiger partial charge >= 0.3 is 0 Å². The van der Waals surface area contributed by atoms with Gasteiger partial charge in [0.1, 0.15) is 11.8 Å². The van der Waals surface area contributed by atoms with E-state index in [1.54, 1.807) is 24.5 Å². The van der Waals surface area contributed by atoms with Crippen LogP contribution < -0.4 is 10.1 Å². The highest BCUT2D eigenvalue weighted by atomic mass is 32.1. The van der Waals surface area contributed by atoms with Crippen LogP contribution in [0.3, 0.4) is 0 Å². The molecule has 1 unspecified atom stereocenters. The summed E-state index contributed by atoms with van der Waals surface area (Å²) in [5.41, 5.74) is 1.12. The van der Waals surface area contributed by atoms with Crippen molar-refractivity contribution in [1.82, 2.24) is 9.97 Å². The largest absolute Gasteiger partial charge is 0.472 e. The van der Waals surface area contributed by atoms with Crippen molar-refractivity contribution < 1.29 is 18.7 Å². The summed E-state index contributed by atoms with van der Waals surface area (Å²) in [6.07, 6.45) is 3.95. The molecule has 0 aromatic carbocycles. The third kappa shape index (κ3) is 3.70. The molecule has 128 valence electrons. The first kappa shape index (κ1) is 15.8. The SMILES string of the molecule is O=C(Nc1nc(-c2ccco2)cs1)c1ccc(OC2CCOC2)nc1. The molecule has 4 rings (SSSR count). The Kier molecular flexibility index (Phi) is 4.45. The molecule has 25 heavy (non-hydrogen) atoms. The van der Waals surface area contributed by atoms with Gasteiger partial charge in [-0.15, -0.1) is 11.3 Å². The van der Waals surface area contributed by atoms with Gasteiger partial charge in [0.2, 0.25) is 5.88 Å². The van der Waals surface area contributed by atoms with Crippen LogP contribution >= 0.6 is 11.3 Å². The zero-order chi connectivity index (χ0) is 17.1. The third-order valence-electron chi connectivity index (χ3n) is 3.67. The predicted molar refractivity (Wildman–Crippen MR) is 91.9 cm³/mol. The highest BCUT2D eigenvalue weighted by Gasteiger charge is 2.18. The number of aromatic nitrogens is 2. The minimum absolute atomic E-state index is 0.0301. The number of nitrogens with one attached hydrogen (secondary N) is 1. The Labute approximate surface area is 147 Å². The van der Waals surface area contributed by atoms with E-state index in [0.29, 0.717) is 41.2 Å². The standard InChI is InChI=1S/C17H15N3O4S/c21-16(20-17-19-13(10-25-17)14-2-1-6-23-14)11-3-4-15(18-8-11)24-12-5-7-22-9-12/h1-4,6,8,10,12H,5,7,9H2,(H,19,20,21). The maximum Gasteiger partial charge on any atom is 0.259 e. The Morgan fingerprint density at radius 1 is 1.36 bits per heavy atom. The van der Waals surface area contributed by atoms with E-state index < -0.39 is 0 Å². The quantitative estimate of drug-likeness (QED) is 0.754. The molecule has 0 spiro atoms. The van der Waals surface area contributed by atoms with Gasteiger partial charge < -0.3 is 13.9 Å². The first-order chi connectivity index (χ1) is 12.3. The highest BCUT2D eigenvalue weighted by Crippen LogP contribution is 2.25. The van der Waals surface area contributed by atoms with Gasteiger partial charge in [0, 0.05) is 24.1 Å². The summed E-state index contributed by atoms with van der Waals surface area (Å²) < 4.78 is 16.2. The van der Waals surface area contributed by atoms with E-state index in [4.69, 9.17) is 13.9 Å². The number of hydrogen-bond acceptors (Lipinski definition) is 7. The van der Waals surface area contributed by atoms with Crippen LogP contribution in [0, 0.1) is 0 Å². The molecule has 3 aromatic rings. The molecule has 1 amide bonds. The number of carbonyl (C=O) groups is 1. The van der Waals surface area contributed by atoms with Crippen molar-refractivity contribution in [2.24, 2.45) is 0 Å². The monoisotopic (exact) mass is 357 g/mol. The van der Waals surface area contributed by atoms with E-state index in [2.05, 4.69) is 15.3 Å². The Morgan fingerprint density at radius 2 is 2.32 bits per heavy atom. The number of hydrogen-bond donors (Lipinski definition) is 1. The normalized spacial score (nSPS) is 16.7. The van der Waals surface area contributed by atoms with Crippen molar-refractivity contribution in [2.75, 3.05) is 18.5 Å². The van der Waals surface area contributed by atoms with Crippen LogP contribution in [0.25, 0.3) is 11.5 Å². The summed E-state index contributed by atoms with van der Waals surface area (Å²) in [5.74, 6) is 0.876. The number of nitrogens with zero attached hydrogens (tertiary/aromatic N) is 2. The Balaban J connectivity index is 1.39. The molecule has 1 fully saturated rings. The molecule has 0 radical (unpaired) electrons. The van der Waals surface area contributed by atoms with E-state index in [9.17, 15) is 4.79 Å². The third-order valence-corrected chi connectivity index (χ3v) is 4.43. The number of furan rings is 1. The van der Waals surface area contributed by atoms with Gasteiger partial charge in [0.05, 0.1) is 25.0 Å². The average Bonchev–Trinajstić information content (AvgIpc) is 3.38. The number of thiazole rings is 1. The smallest absolute Gasteiger partial charge is 0.259 e. The molecular formula is C17H15N3O4S. The molecule has 1 aliphatic heterocycles. The highest BCUT2D eigenvalue weighted by molar-refractivity contribution is 7.14. The zero-order valence-electron chi connectivity index (χ0n) is 13.2. The topological polar surface area (TPSA) is 86.5 Å². The van der Waals surface area contributed by atoms with Crippen LogP contribution in [0.1, 0.15) is 16.8 Å². The molecule has 1 aliphatic rings. The van der Waals surface area contributed by atoms with Crippen LogP contribution in [-0.2, 0) is 4.74 Å². The number of ether oxygens (including phenoxy) is 2. The Bertz CT molecular complexity index is 839. The second-order valence-electron chi connectivity index (χ2n) is 5.46. The summed E-state index contributed by atoms with van der Waals surface area (Å²) in [5, 5.41) is 5.09. The minimum Gasteiger partial charge on any atom is -0.472 e.